The average molecular weight is 329 g/mol. The van der Waals surface area contributed by atoms with Gasteiger partial charge in [-0.05, 0) is 21.8 Å². The van der Waals surface area contributed by atoms with Crippen LogP contribution in [0.3, 0.4) is 0 Å². The molecule has 1 aromatic carbocycles. The quantitative estimate of drug-likeness (QED) is 0.497. The van der Waals surface area contributed by atoms with Crippen LogP contribution < -0.4 is 5.19 Å². The van der Waals surface area contributed by atoms with E-state index < -0.39 is 16.1 Å². The fraction of sp³-hybridized carbons (Fsp3) is 0.500. The maximum Gasteiger partial charge on any atom is 0.187 e. The molecule has 0 N–H and O–H groups in total. The van der Waals surface area contributed by atoms with Crippen LogP contribution in [0.25, 0.3) is 0 Å². The topological polar surface area (TPSA) is 0 Å². The van der Waals surface area contributed by atoms with Gasteiger partial charge in [0.15, 0.2) is 8.07 Å². The third-order valence-electron chi connectivity index (χ3n) is 5.19. The summed E-state index contributed by atoms with van der Waals surface area (Å²) < 4.78 is 0. The van der Waals surface area contributed by atoms with Crippen molar-refractivity contribution in [3.8, 4) is 11.1 Å². The summed E-state index contributed by atoms with van der Waals surface area (Å²) in [5.74, 6) is 0. The van der Waals surface area contributed by atoms with E-state index >= 15 is 0 Å². The Bertz CT molecular complexity index is 524. The molecule has 0 aliphatic carbocycles. The van der Waals surface area contributed by atoms with Crippen molar-refractivity contribution in [2.45, 2.75) is 64.7 Å². The van der Waals surface area contributed by atoms with Crippen molar-refractivity contribution >= 4 is 21.3 Å². The van der Waals surface area contributed by atoms with E-state index in [4.69, 9.17) is 0 Å². The highest BCUT2D eigenvalue weighted by Gasteiger charge is 2.42. The molecule has 120 valence electrons. The SMILES string of the molecule is C=C[Si](C)(C#C[Si](C(C)C)(C(C)C)C(C)C)c1ccccc1. The lowest BCUT2D eigenvalue weighted by Crippen LogP contribution is -2.46. The zero-order chi connectivity index (χ0) is 17.0. The number of hydrogen-bond donors (Lipinski definition) is 0. The molecule has 0 aliphatic rings. The number of hydrogen-bond acceptors (Lipinski definition) is 0. The molecule has 2 heteroatoms. The Hall–Kier alpha value is -1.05. The van der Waals surface area contributed by atoms with Gasteiger partial charge in [0.25, 0.3) is 0 Å². The van der Waals surface area contributed by atoms with Gasteiger partial charge in [0.05, 0.1) is 0 Å². The molecule has 1 rings (SSSR count). The molecular weight excluding hydrogens is 296 g/mol. The molecule has 0 nitrogen and oxygen atoms in total. The molecule has 1 atom stereocenters. The molecule has 1 aromatic rings. The van der Waals surface area contributed by atoms with E-state index in [1.54, 1.807) is 0 Å². The Morgan fingerprint density at radius 3 is 1.68 bits per heavy atom. The molecule has 0 saturated heterocycles. The van der Waals surface area contributed by atoms with Crippen LogP contribution in [0.5, 0.6) is 0 Å². The van der Waals surface area contributed by atoms with Gasteiger partial charge in [-0.25, -0.2) is 0 Å². The zero-order valence-electron chi connectivity index (χ0n) is 15.4. The van der Waals surface area contributed by atoms with Crippen LogP contribution in [-0.2, 0) is 0 Å². The predicted octanol–water partition coefficient (Wildman–Crippen LogP) is 5.46. The zero-order valence-corrected chi connectivity index (χ0v) is 17.4. The summed E-state index contributed by atoms with van der Waals surface area (Å²) in [5.41, 5.74) is 11.9. The fourth-order valence-corrected chi connectivity index (χ4v) is 11.8. The van der Waals surface area contributed by atoms with Gasteiger partial charge in [-0.3, -0.25) is 0 Å². The fourth-order valence-electron chi connectivity index (χ4n) is 3.70. The van der Waals surface area contributed by atoms with E-state index in [2.05, 4.69) is 102 Å². The van der Waals surface area contributed by atoms with Crippen LogP contribution >= 0.6 is 0 Å². The van der Waals surface area contributed by atoms with Gasteiger partial charge >= 0.3 is 0 Å². The summed E-state index contributed by atoms with van der Waals surface area (Å²) in [6.45, 7) is 20.7. The van der Waals surface area contributed by atoms with Crippen molar-refractivity contribution in [2.24, 2.45) is 0 Å². The molecule has 0 heterocycles. The third-order valence-corrected chi connectivity index (χ3v) is 14.7. The second-order valence-corrected chi connectivity index (χ2v) is 16.6. The van der Waals surface area contributed by atoms with Crippen molar-refractivity contribution in [1.29, 1.82) is 0 Å². The predicted molar refractivity (Wildman–Crippen MR) is 107 cm³/mol. The Morgan fingerprint density at radius 1 is 0.864 bits per heavy atom. The van der Waals surface area contributed by atoms with Gasteiger partial charge in [-0.1, -0.05) is 84.1 Å². The number of benzene rings is 1. The Morgan fingerprint density at radius 2 is 1.32 bits per heavy atom. The van der Waals surface area contributed by atoms with Crippen LogP contribution in [0, 0.1) is 11.1 Å². The molecular formula is C20H32Si2. The first-order valence-electron chi connectivity index (χ1n) is 8.44. The first-order chi connectivity index (χ1) is 10.2. The minimum absolute atomic E-state index is 0.679. The van der Waals surface area contributed by atoms with Crippen molar-refractivity contribution in [3.05, 3.63) is 42.6 Å². The molecule has 0 aromatic heterocycles. The van der Waals surface area contributed by atoms with Crippen molar-refractivity contribution < 1.29 is 0 Å². The third kappa shape index (κ3) is 3.64. The highest BCUT2D eigenvalue weighted by atomic mass is 28.3. The van der Waals surface area contributed by atoms with E-state index in [0.29, 0.717) is 16.6 Å². The van der Waals surface area contributed by atoms with E-state index in [1.165, 1.54) is 5.19 Å². The van der Waals surface area contributed by atoms with Gasteiger partial charge in [-0.2, -0.15) is 0 Å². The van der Waals surface area contributed by atoms with Gasteiger partial charge in [0.1, 0.15) is 8.07 Å². The minimum Gasteiger partial charge on any atom is -0.136 e. The Labute approximate surface area is 140 Å². The molecule has 0 radical (unpaired) electrons. The Balaban J connectivity index is 3.40. The van der Waals surface area contributed by atoms with Gasteiger partial charge in [0.2, 0.25) is 0 Å². The lowest BCUT2D eigenvalue weighted by molar-refractivity contribution is 0.838. The normalized spacial score (nSPS) is 14.6. The first-order valence-corrected chi connectivity index (χ1v) is 13.2. The van der Waals surface area contributed by atoms with Crippen molar-refractivity contribution in [3.63, 3.8) is 0 Å². The monoisotopic (exact) mass is 328 g/mol. The van der Waals surface area contributed by atoms with Crippen LogP contribution in [0.2, 0.25) is 23.2 Å². The second kappa shape index (κ2) is 7.48. The average Bonchev–Trinajstić information content (AvgIpc) is 2.47. The highest BCUT2D eigenvalue weighted by molar-refractivity contribution is 7.03. The molecule has 0 saturated carbocycles. The van der Waals surface area contributed by atoms with Crippen LogP contribution in [0.1, 0.15) is 41.5 Å². The van der Waals surface area contributed by atoms with Crippen molar-refractivity contribution in [2.75, 3.05) is 0 Å². The lowest BCUT2D eigenvalue weighted by Gasteiger charge is -2.38. The summed E-state index contributed by atoms with van der Waals surface area (Å²) in [6, 6.07) is 10.7. The summed E-state index contributed by atoms with van der Waals surface area (Å²) in [4.78, 5) is 0. The summed E-state index contributed by atoms with van der Waals surface area (Å²) >= 11 is 0. The van der Waals surface area contributed by atoms with E-state index in [0.717, 1.165) is 0 Å². The standard InChI is InChI=1S/C20H32Si2/c1-9-21(8,20-13-11-10-12-14-20)15-16-22(17(2)3,18(4)5)19(6)7/h9-14,17-19H,1H2,2-8H3. The summed E-state index contributed by atoms with van der Waals surface area (Å²) in [7, 11) is -3.57. The summed E-state index contributed by atoms with van der Waals surface area (Å²) in [6.07, 6.45) is 0. The van der Waals surface area contributed by atoms with E-state index in [9.17, 15) is 0 Å². The lowest BCUT2D eigenvalue weighted by atomic mass is 10.4. The van der Waals surface area contributed by atoms with E-state index in [-0.39, 0.29) is 0 Å². The molecule has 0 spiro atoms. The second-order valence-electron chi connectivity index (χ2n) is 7.42. The highest BCUT2D eigenvalue weighted by Crippen LogP contribution is 2.40. The minimum atomic E-state index is -1.91. The molecule has 0 aliphatic heterocycles. The van der Waals surface area contributed by atoms with Gasteiger partial charge < -0.3 is 0 Å². The van der Waals surface area contributed by atoms with Crippen LogP contribution in [0.4, 0.5) is 0 Å². The molecule has 1 unspecified atom stereocenters. The van der Waals surface area contributed by atoms with Gasteiger partial charge in [-0.15, -0.1) is 17.7 Å². The maximum absolute atomic E-state index is 4.12. The smallest absolute Gasteiger partial charge is 0.136 e. The van der Waals surface area contributed by atoms with Crippen LogP contribution in [0.15, 0.2) is 42.6 Å². The Kier molecular flexibility index (Phi) is 6.46. The first kappa shape index (κ1) is 19.0. The maximum atomic E-state index is 4.12. The molecule has 0 amide bonds. The number of rotatable bonds is 5. The largest absolute Gasteiger partial charge is 0.187 e. The van der Waals surface area contributed by atoms with Crippen molar-refractivity contribution in [1.82, 2.24) is 0 Å². The van der Waals surface area contributed by atoms with Crippen LogP contribution in [-0.4, -0.2) is 16.1 Å². The molecule has 0 bridgehead atoms. The molecule has 0 fully saturated rings. The van der Waals surface area contributed by atoms with E-state index in [1.807, 2.05) is 0 Å². The summed E-state index contributed by atoms with van der Waals surface area (Å²) in [5, 5.41) is 1.37. The van der Waals surface area contributed by atoms with Gasteiger partial charge in [0, 0.05) is 0 Å². The molecule has 22 heavy (non-hydrogen) atoms.